The van der Waals surface area contributed by atoms with Gasteiger partial charge in [-0.1, -0.05) is 47.5 Å². The molecule has 120 valence electrons. The molecule has 2 N–H and O–H groups in total. The normalized spacial score (nSPS) is 12.8. The lowest BCUT2D eigenvalue weighted by atomic mass is 9.95. The van der Waals surface area contributed by atoms with Crippen molar-refractivity contribution in [2.24, 2.45) is 5.92 Å². The van der Waals surface area contributed by atoms with E-state index in [-0.39, 0.29) is 0 Å². The Bertz CT molecular complexity index is 413. The quantitative estimate of drug-likeness (QED) is 0.695. The molecule has 1 aromatic heterocycles. The van der Waals surface area contributed by atoms with Crippen LogP contribution in [-0.4, -0.2) is 22.6 Å². The van der Waals surface area contributed by atoms with E-state index in [1.165, 1.54) is 12.8 Å². The second kappa shape index (κ2) is 8.85. The number of hydrogen-bond acceptors (Lipinski definition) is 4. The molecule has 0 saturated heterocycles. The fourth-order valence-electron chi connectivity index (χ4n) is 2.49. The van der Waals surface area contributed by atoms with Crippen molar-refractivity contribution in [2.45, 2.75) is 72.8 Å². The van der Waals surface area contributed by atoms with E-state index >= 15 is 0 Å². The first-order chi connectivity index (χ1) is 10.0. The summed E-state index contributed by atoms with van der Waals surface area (Å²) in [5.41, 5.74) is 0. The van der Waals surface area contributed by atoms with Gasteiger partial charge in [-0.2, -0.15) is 0 Å². The van der Waals surface area contributed by atoms with Crippen LogP contribution in [-0.2, 0) is 0 Å². The number of nitrogens with one attached hydrogen (secondary N) is 2. The first kappa shape index (κ1) is 17.7. The van der Waals surface area contributed by atoms with E-state index in [1.54, 1.807) is 0 Å². The zero-order valence-corrected chi connectivity index (χ0v) is 14.5. The second-order valence-corrected chi connectivity index (χ2v) is 6.09. The predicted molar refractivity (Wildman–Crippen MR) is 92.1 cm³/mol. The van der Waals surface area contributed by atoms with Crippen LogP contribution in [0.1, 0.15) is 72.5 Å². The highest BCUT2D eigenvalue weighted by Crippen LogP contribution is 2.21. The smallest absolute Gasteiger partial charge is 0.135 e. The summed E-state index contributed by atoms with van der Waals surface area (Å²) in [5, 5.41) is 6.93. The lowest BCUT2D eigenvalue weighted by molar-refractivity contribution is 0.437. The molecule has 4 heteroatoms. The largest absolute Gasteiger partial charge is 0.370 e. The fourth-order valence-corrected chi connectivity index (χ4v) is 2.49. The molecule has 0 aliphatic carbocycles. The Balaban J connectivity index is 2.91. The van der Waals surface area contributed by atoms with E-state index in [0.29, 0.717) is 17.9 Å². The molecule has 0 aromatic carbocycles. The van der Waals surface area contributed by atoms with Gasteiger partial charge in [-0.3, -0.25) is 0 Å². The molecule has 0 aliphatic rings. The van der Waals surface area contributed by atoms with Gasteiger partial charge < -0.3 is 10.6 Å². The Labute approximate surface area is 130 Å². The summed E-state index contributed by atoms with van der Waals surface area (Å²) < 4.78 is 0. The van der Waals surface area contributed by atoms with Crippen LogP contribution in [0.3, 0.4) is 0 Å². The minimum Gasteiger partial charge on any atom is -0.370 e. The molecular formula is C17H32N4. The molecule has 0 saturated carbocycles. The van der Waals surface area contributed by atoms with Gasteiger partial charge in [0, 0.05) is 24.6 Å². The number of anilines is 2. The Morgan fingerprint density at radius 3 is 2.14 bits per heavy atom. The molecule has 1 atom stereocenters. The third-order valence-electron chi connectivity index (χ3n) is 3.95. The van der Waals surface area contributed by atoms with E-state index in [2.05, 4.69) is 62.1 Å². The van der Waals surface area contributed by atoms with E-state index in [1.807, 2.05) is 6.07 Å². The van der Waals surface area contributed by atoms with Crippen molar-refractivity contribution >= 4 is 11.6 Å². The first-order valence-electron chi connectivity index (χ1n) is 8.41. The molecule has 1 unspecified atom stereocenters. The minimum absolute atomic E-state index is 0.331. The van der Waals surface area contributed by atoms with Crippen molar-refractivity contribution in [3.05, 3.63) is 11.9 Å². The minimum atomic E-state index is 0.331. The highest BCUT2D eigenvalue weighted by molar-refractivity contribution is 5.48. The van der Waals surface area contributed by atoms with Crippen molar-refractivity contribution in [1.29, 1.82) is 0 Å². The highest BCUT2D eigenvalue weighted by Gasteiger charge is 2.15. The van der Waals surface area contributed by atoms with Crippen molar-refractivity contribution < 1.29 is 0 Å². The van der Waals surface area contributed by atoms with Gasteiger partial charge in [-0.15, -0.1) is 0 Å². The predicted octanol–water partition coefficient (Wildman–Crippen LogP) is 4.66. The third-order valence-corrected chi connectivity index (χ3v) is 3.95. The van der Waals surface area contributed by atoms with E-state index in [0.717, 1.165) is 30.4 Å². The number of rotatable bonds is 9. The van der Waals surface area contributed by atoms with Crippen molar-refractivity contribution in [1.82, 2.24) is 9.97 Å². The SMILES string of the molecule is CCCNc1cc(NC(C)C(CC)CC)nc(C(C)C)n1. The molecule has 1 rings (SSSR count). The van der Waals surface area contributed by atoms with Crippen molar-refractivity contribution in [3.63, 3.8) is 0 Å². The van der Waals surface area contributed by atoms with Crippen LogP contribution < -0.4 is 10.6 Å². The van der Waals surface area contributed by atoms with Crippen LogP contribution in [0.5, 0.6) is 0 Å². The summed E-state index contributed by atoms with van der Waals surface area (Å²) in [6, 6.07) is 2.45. The van der Waals surface area contributed by atoms with Crippen LogP contribution in [0, 0.1) is 5.92 Å². The molecule has 4 nitrogen and oxygen atoms in total. The van der Waals surface area contributed by atoms with Gasteiger partial charge >= 0.3 is 0 Å². The van der Waals surface area contributed by atoms with Crippen LogP contribution >= 0.6 is 0 Å². The fraction of sp³-hybridized carbons (Fsp3) is 0.765. The maximum Gasteiger partial charge on any atom is 0.135 e. The van der Waals surface area contributed by atoms with E-state index < -0.39 is 0 Å². The zero-order chi connectivity index (χ0) is 15.8. The molecule has 0 bridgehead atoms. The maximum atomic E-state index is 4.67. The summed E-state index contributed by atoms with van der Waals surface area (Å²) >= 11 is 0. The summed E-state index contributed by atoms with van der Waals surface area (Å²) in [6.07, 6.45) is 3.47. The molecule has 21 heavy (non-hydrogen) atoms. The number of hydrogen-bond donors (Lipinski definition) is 2. The molecule has 0 spiro atoms. The van der Waals surface area contributed by atoms with Gasteiger partial charge in [0.25, 0.3) is 0 Å². The Morgan fingerprint density at radius 2 is 1.62 bits per heavy atom. The van der Waals surface area contributed by atoms with Crippen LogP contribution in [0.15, 0.2) is 6.07 Å². The number of nitrogens with zero attached hydrogens (tertiary/aromatic N) is 2. The van der Waals surface area contributed by atoms with Gasteiger partial charge in [0.1, 0.15) is 17.5 Å². The van der Waals surface area contributed by atoms with Crippen molar-refractivity contribution in [3.8, 4) is 0 Å². The maximum absolute atomic E-state index is 4.67. The van der Waals surface area contributed by atoms with Gasteiger partial charge in [0.2, 0.25) is 0 Å². The molecule has 0 radical (unpaired) electrons. The van der Waals surface area contributed by atoms with Gasteiger partial charge in [0.15, 0.2) is 0 Å². The zero-order valence-electron chi connectivity index (χ0n) is 14.5. The van der Waals surface area contributed by atoms with Crippen LogP contribution in [0.2, 0.25) is 0 Å². The average Bonchev–Trinajstić information content (AvgIpc) is 2.46. The van der Waals surface area contributed by atoms with Crippen LogP contribution in [0.25, 0.3) is 0 Å². The highest BCUT2D eigenvalue weighted by atomic mass is 15.1. The molecule has 1 aromatic rings. The Hall–Kier alpha value is -1.32. The molecule has 0 aliphatic heterocycles. The number of aromatic nitrogens is 2. The Morgan fingerprint density at radius 1 is 1.00 bits per heavy atom. The first-order valence-corrected chi connectivity index (χ1v) is 8.41. The Kier molecular flexibility index (Phi) is 7.48. The summed E-state index contributed by atoms with van der Waals surface area (Å²) in [6.45, 7) is 14.1. The van der Waals surface area contributed by atoms with E-state index in [4.69, 9.17) is 0 Å². The average molecular weight is 292 g/mol. The van der Waals surface area contributed by atoms with E-state index in [9.17, 15) is 0 Å². The lowest BCUT2D eigenvalue weighted by Gasteiger charge is -2.23. The second-order valence-electron chi connectivity index (χ2n) is 6.09. The lowest BCUT2D eigenvalue weighted by Crippen LogP contribution is -2.26. The standard InChI is InChI=1S/C17H32N4/c1-7-10-18-15-11-16(21-17(20-15)12(4)5)19-13(6)14(8-2)9-3/h11-14H,7-10H2,1-6H3,(H2,18,19,20,21). The van der Waals surface area contributed by atoms with Gasteiger partial charge in [-0.05, 0) is 19.3 Å². The summed E-state index contributed by atoms with van der Waals surface area (Å²) in [5.74, 6) is 3.77. The monoisotopic (exact) mass is 292 g/mol. The van der Waals surface area contributed by atoms with Crippen LogP contribution in [0.4, 0.5) is 11.6 Å². The van der Waals surface area contributed by atoms with Gasteiger partial charge in [0.05, 0.1) is 0 Å². The van der Waals surface area contributed by atoms with Crippen molar-refractivity contribution in [2.75, 3.05) is 17.2 Å². The third kappa shape index (κ3) is 5.52. The molecular weight excluding hydrogens is 260 g/mol. The summed E-state index contributed by atoms with van der Waals surface area (Å²) in [4.78, 5) is 9.27. The molecule has 0 amide bonds. The molecule has 0 fully saturated rings. The topological polar surface area (TPSA) is 49.8 Å². The van der Waals surface area contributed by atoms with Gasteiger partial charge in [-0.25, -0.2) is 9.97 Å². The molecule has 1 heterocycles. The summed E-state index contributed by atoms with van der Waals surface area (Å²) in [7, 11) is 0.